The predicted octanol–water partition coefficient (Wildman–Crippen LogP) is 0.488. The molecule has 1 unspecified atom stereocenters. The van der Waals surface area contributed by atoms with Gasteiger partial charge in [-0.1, -0.05) is 18.2 Å². The van der Waals surface area contributed by atoms with Crippen molar-refractivity contribution >= 4 is 31.5 Å². The van der Waals surface area contributed by atoms with Crippen LogP contribution in [-0.2, 0) is 24.7 Å². The van der Waals surface area contributed by atoms with Crippen molar-refractivity contribution in [3.63, 3.8) is 0 Å². The minimum absolute atomic E-state index is 0.0476. The van der Waals surface area contributed by atoms with E-state index >= 15 is 0 Å². The lowest BCUT2D eigenvalue weighted by atomic mass is 10.2. The Balaban J connectivity index is 2.22. The largest absolute Gasteiger partial charge is 0.312 e. The van der Waals surface area contributed by atoms with Crippen LogP contribution in [0.4, 0.5) is 5.69 Å². The molecule has 1 fully saturated rings. The van der Waals surface area contributed by atoms with Crippen LogP contribution in [0.5, 0.6) is 0 Å². The van der Waals surface area contributed by atoms with Crippen LogP contribution in [0.2, 0.25) is 0 Å². The summed E-state index contributed by atoms with van der Waals surface area (Å²) in [6, 6.07) is 8.28. The van der Waals surface area contributed by atoms with Crippen molar-refractivity contribution < 1.29 is 21.6 Å². The number of rotatable bonds is 6. The molecular weight excluding hydrogens is 352 g/mol. The third-order valence-electron chi connectivity index (χ3n) is 4.02. The molecule has 2 rings (SSSR count). The van der Waals surface area contributed by atoms with E-state index in [1.807, 2.05) is 6.07 Å². The molecule has 1 aromatic rings. The number of para-hydroxylation sites is 1. The van der Waals surface area contributed by atoms with Gasteiger partial charge in [0.25, 0.3) is 0 Å². The van der Waals surface area contributed by atoms with Gasteiger partial charge in [0.1, 0.15) is 0 Å². The van der Waals surface area contributed by atoms with Crippen LogP contribution in [0.3, 0.4) is 0 Å². The third kappa shape index (κ3) is 4.55. The van der Waals surface area contributed by atoms with Crippen molar-refractivity contribution in [1.82, 2.24) is 4.31 Å². The highest BCUT2D eigenvalue weighted by Crippen LogP contribution is 2.21. The highest BCUT2D eigenvalue weighted by atomic mass is 32.2. The van der Waals surface area contributed by atoms with Crippen LogP contribution in [0.1, 0.15) is 13.3 Å². The summed E-state index contributed by atoms with van der Waals surface area (Å²) in [6.45, 7) is 1.83. The number of hydrogen-bond acceptors (Lipinski definition) is 5. The fourth-order valence-corrected chi connectivity index (χ4v) is 5.74. The Morgan fingerprint density at radius 3 is 2.33 bits per heavy atom. The third-order valence-corrected chi connectivity index (χ3v) is 7.05. The monoisotopic (exact) mass is 374 g/mol. The molecule has 0 bridgehead atoms. The first-order valence-electron chi connectivity index (χ1n) is 7.66. The van der Waals surface area contributed by atoms with Crippen LogP contribution in [-0.4, -0.2) is 63.9 Å². The fraction of sp³-hybridized carbons (Fsp3) is 0.533. The zero-order valence-electron chi connectivity index (χ0n) is 13.8. The quantitative estimate of drug-likeness (QED) is 0.723. The van der Waals surface area contributed by atoms with Gasteiger partial charge in [0.05, 0.1) is 24.3 Å². The van der Waals surface area contributed by atoms with Crippen molar-refractivity contribution in [3.8, 4) is 0 Å². The lowest BCUT2D eigenvalue weighted by Crippen LogP contribution is -2.47. The first-order valence-corrected chi connectivity index (χ1v) is 11.3. The molecule has 1 saturated heterocycles. The van der Waals surface area contributed by atoms with E-state index in [4.69, 9.17) is 0 Å². The number of sulfonamides is 1. The van der Waals surface area contributed by atoms with E-state index in [1.165, 1.54) is 4.90 Å². The second kappa shape index (κ2) is 7.20. The lowest BCUT2D eigenvalue weighted by molar-refractivity contribution is -0.119. The van der Waals surface area contributed by atoms with Crippen LogP contribution in [0, 0.1) is 0 Å². The van der Waals surface area contributed by atoms with Gasteiger partial charge in [0.15, 0.2) is 9.84 Å². The Labute approximate surface area is 143 Å². The molecular formula is C15H22N2O5S2. The van der Waals surface area contributed by atoms with Gasteiger partial charge in [-0.3, -0.25) is 4.79 Å². The Morgan fingerprint density at radius 1 is 1.25 bits per heavy atom. The van der Waals surface area contributed by atoms with Crippen molar-refractivity contribution in [2.75, 3.05) is 35.8 Å². The molecule has 0 saturated carbocycles. The standard InChI is InChI=1S/C15H22N2O5S2/c1-3-16(13-7-5-4-6-8-13)15(18)11-17(23(2,19)20)14-9-10-24(21,22)12-14/h4-8,14H,3,9-12H2,1-2H3. The zero-order chi connectivity index (χ0) is 18.0. The molecule has 7 nitrogen and oxygen atoms in total. The summed E-state index contributed by atoms with van der Waals surface area (Å²) in [5.74, 6) is -0.655. The topological polar surface area (TPSA) is 91.8 Å². The van der Waals surface area contributed by atoms with Crippen LogP contribution in [0.15, 0.2) is 30.3 Å². The Kier molecular flexibility index (Phi) is 5.67. The Bertz CT molecular complexity index is 790. The van der Waals surface area contributed by atoms with E-state index in [1.54, 1.807) is 31.2 Å². The minimum atomic E-state index is -3.70. The van der Waals surface area contributed by atoms with E-state index in [-0.39, 0.29) is 30.4 Å². The van der Waals surface area contributed by atoms with Gasteiger partial charge in [-0.25, -0.2) is 16.8 Å². The van der Waals surface area contributed by atoms with E-state index < -0.39 is 25.9 Å². The normalized spacial score (nSPS) is 20.2. The first-order chi connectivity index (χ1) is 11.1. The van der Waals surface area contributed by atoms with Gasteiger partial charge >= 0.3 is 0 Å². The summed E-state index contributed by atoms with van der Waals surface area (Å²) in [7, 11) is -6.94. The molecule has 0 aliphatic carbocycles. The highest BCUT2D eigenvalue weighted by Gasteiger charge is 2.38. The zero-order valence-corrected chi connectivity index (χ0v) is 15.4. The van der Waals surface area contributed by atoms with E-state index in [9.17, 15) is 21.6 Å². The second-order valence-electron chi connectivity index (χ2n) is 5.84. The van der Waals surface area contributed by atoms with Crippen molar-refractivity contribution in [3.05, 3.63) is 30.3 Å². The summed E-state index contributed by atoms with van der Waals surface area (Å²) < 4.78 is 48.5. The average Bonchev–Trinajstić information content (AvgIpc) is 2.85. The number of amides is 1. The first kappa shape index (κ1) is 18.9. The number of carbonyl (C=O) groups is 1. The number of sulfone groups is 1. The minimum Gasteiger partial charge on any atom is -0.312 e. The summed E-state index contributed by atoms with van der Waals surface area (Å²) >= 11 is 0. The molecule has 9 heteroatoms. The van der Waals surface area contributed by atoms with Gasteiger partial charge in [-0.15, -0.1) is 0 Å². The molecule has 1 amide bonds. The molecule has 1 atom stereocenters. The highest BCUT2D eigenvalue weighted by molar-refractivity contribution is 7.92. The van der Waals surface area contributed by atoms with Gasteiger partial charge in [0.2, 0.25) is 15.9 Å². The molecule has 0 radical (unpaired) electrons. The van der Waals surface area contributed by atoms with E-state index in [2.05, 4.69) is 0 Å². The van der Waals surface area contributed by atoms with E-state index in [0.29, 0.717) is 12.2 Å². The lowest BCUT2D eigenvalue weighted by Gasteiger charge is -2.28. The molecule has 1 aliphatic heterocycles. The predicted molar refractivity (Wildman–Crippen MR) is 93.1 cm³/mol. The average molecular weight is 374 g/mol. The maximum Gasteiger partial charge on any atom is 0.242 e. The maximum absolute atomic E-state index is 12.6. The number of nitrogens with zero attached hydrogens (tertiary/aromatic N) is 2. The van der Waals surface area contributed by atoms with Crippen molar-refractivity contribution in [2.45, 2.75) is 19.4 Å². The van der Waals surface area contributed by atoms with Crippen molar-refractivity contribution in [2.24, 2.45) is 0 Å². The molecule has 1 aliphatic rings. The molecule has 1 heterocycles. The van der Waals surface area contributed by atoms with Gasteiger partial charge in [-0.2, -0.15) is 4.31 Å². The van der Waals surface area contributed by atoms with Crippen LogP contribution < -0.4 is 4.90 Å². The molecule has 1 aromatic carbocycles. The van der Waals surface area contributed by atoms with Crippen LogP contribution in [0.25, 0.3) is 0 Å². The summed E-state index contributed by atoms with van der Waals surface area (Å²) in [5.41, 5.74) is 0.678. The number of anilines is 1. The fourth-order valence-electron chi connectivity index (χ4n) is 2.85. The summed E-state index contributed by atoms with van der Waals surface area (Å²) in [4.78, 5) is 14.1. The molecule has 0 N–H and O–H groups in total. The van der Waals surface area contributed by atoms with Gasteiger partial charge < -0.3 is 4.90 Å². The molecule has 0 aromatic heterocycles. The van der Waals surface area contributed by atoms with Crippen molar-refractivity contribution in [1.29, 1.82) is 0 Å². The van der Waals surface area contributed by atoms with Crippen LogP contribution >= 0.6 is 0 Å². The Hall–Kier alpha value is -1.45. The molecule has 134 valence electrons. The number of likely N-dealkylation sites (N-methyl/N-ethyl adjacent to an activating group) is 1. The van der Waals surface area contributed by atoms with Gasteiger partial charge in [-0.05, 0) is 25.5 Å². The molecule has 0 spiro atoms. The SMILES string of the molecule is CCN(C(=O)CN(C1CCS(=O)(=O)C1)S(C)(=O)=O)c1ccccc1. The number of hydrogen-bond donors (Lipinski definition) is 0. The second-order valence-corrected chi connectivity index (χ2v) is 10.0. The summed E-state index contributed by atoms with van der Waals surface area (Å²) in [6.07, 6.45) is 1.23. The Morgan fingerprint density at radius 2 is 1.88 bits per heavy atom. The van der Waals surface area contributed by atoms with E-state index in [0.717, 1.165) is 10.6 Å². The smallest absolute Gasteiger partial charge is 0.242 e. The molecule has 24 heavy (non-hydrogen) atoms. The summed E-state index contributed by atoms with van der Waals surface area (Å²) in [5, 5.41) is 0. The number of carbonyl (C=O) groups excluding carboxylic acids is 1. The maximum atomic E-state index is 12.6. The number of benzene rings is 1. The van der Waals surface area contributed by atoms with Gasteiger partial charge in [0, 0.05) is 18.3 Å².